The van der Waals surface area contributed by atoms with Gasteiger partial charge < -0.3 is 10.6 Å². The van der Waals surface area contributed by atoms with Gasteiger partial charge in [-0.3, -0.25) is 4.79 Å². The summed E-state index contributed by atoms with van der Waals surface area (Å²) in [5.41, 5.74) is 6.84. The van der Waals surface area contributed by atoms with E-state index in [0.29, 0.717) is 6.54 Å². The van der Waals surface area contributed by atoms with Crippen LogP contribution in [0.5, 0.6) is 0 Å². The van der Waals surface area contributed by atoms with E-state index in [4.69, 9.17) is 17.3 Å². The van der Waals surface area contributed by atoms with Gasteiger partial charge in [0, 0.05) is 18.1 Å². The van der Waals surface area contributed by atoms with Crippen molar-refractivity contribution in [3.8, 4) is 0 Å². The number of likely N-dealkylation sites (tertiary alicyclic amines) is 1. The largest absolute Gasteiger partial charge is 0.335 e. The van der Waals surface area contributed by atoms with Gasteiger partial charge in [-0.1, -0.05) is 43.6 Å². The molecule has 1 saturated heterocycles. The Kier molecular flexibility index (Phi) is 5.06. The molecule has 1 heterocycles. The zero-order valence-corrected chi connectivity index (χ0v) is 12.9. The monoisotopic (exact) mass is 294 g/mol. The van der Waals surface area contributed by atoms with Crippen LogP contribution in [0.25, 0.3) is 0 Å². The third-order valence-electron chi connectivity index (χ3n) is 4.18. The summed E-state index contributed by atoms with van der Waals surface area (Å²) >= 11 is 6.29. The van der Waals surface area contributed by atoms with Crippen molar-refractivity contribution in [2.45, 2.75) is 32.7 Å². The predicted molar refractivity (Wildman–Crippen MR) is 82.5 cm³/mol. The van der Waals surface area contributed by atoms with Gasteiger partial charge in [-0.15, -0.1) is 0 Å². The van der Waals surface area contributed by atoms with E-state index in [1.165, 1.54) is 0 Å². The smallest absolute Gasteiger partial charge is 0.227 e. The summed E-state index contributed by atoms with van der Waals surface area (Å²) < 4.78 is 0. The van der Waals surface area contributed by atoms with Gasteiger partial charge in [-0.05, 0) is 30.4 Å². The maximum Gasteiger partial charge on any atom is 0.227 e. The first-order valence-corrected chi connectivity index (χ1v) is 7.69. The van der Waals surface area contributed by atoms with Crippen molar-refractivity contribution in [1.29, 1.82) is 0 Å². The molecule has 0 bridgehead atoms. The lowest BCUT2D eigenvalue weighted by Crippen LogP contribution is -2.41. The maximum atomic E-state index is 12.7. The van der Waals surface area contributed by atoms with E-state index in [1.54, 1.807) is 0 Å². The Morgan fingerprint density at radius 1 is 1.45 bits per heavy atom. The van der Waals surface area contributed by atoms with Crippen molar-refractivity contribution < 1.29 is 4.79 Å². The van der Waals surface area contributed by atoms with E-state index in [9.17, 15) is 4.79 Å². The Balaban J connectivity index is 2.23. The van der Waals surface area contributed by atoms with Gasteiger partial charge in [0.2, 0.25) is 5.91 Å². The van der Waals surface area contributed by atoms with Crippen LogP contribution in [-0.4, -0.2) is 23.9 Å². The molecule has 110 valence electrons. The normalized spacial score (nSPS) is 20.4. The molecule has 1 aliphatic heterocycles. The lowest BCUT2D eigenvalue weighted by atomic mass is 9.93. The second kappa shape index (κ2) is 6.59. The molecule has 1 fully saturated rings. The summed E-state index contributed by atoms with van der Waals surface area (Å²) in [5.74, 6) is 0.336. The number of amides is 1. The molecule has 1 aliphatic rings. The van der Waals surface area contributed by atoms with Crippen molar-refractivity contribution in [3.63, 3.8) is 0 Å². The fourth-order valence-corrected chi connectivity index (χ4v) is 3.23. The average Bonchev–Trinajstić information content (AvgIpc) is 2.88. The van der Waals surface area contributed by atoms with E-state index in [2.05, 4.69) is 13.8 Å². The van der Waals surface area contributed by atoms with Crippen LogP contribution in [0.15, 0.2) is 24.3 Å². The van der Waals surface area contributed by atoms with Gasteiger partial charge in [0.15, 0.2) is 0 Å². The summed E-state index contributed by atoms with van der Waals surface area (Å²) in [5, 5.41) is 0.742. The lowest BCUT2D eigenvalue weighted by Gasteiger charge is -2.30. The molecular formula is C16H23ClN2O. The first-order valence-electron chi connectivity index (χ1n) is 7.31. The van der Waals surface area contributed by atoms with E-state index in [1.807, 2.05) is 29.2 Å². The molecule has 0 saturated carbocycles. The van der Waals surface area contributed by atoms with E-state index >= 15 is 0 Å². The van der Waals surface area contributed by atoms with Crippen LogP contribution in [0.1, 0.15) is 38.3 Å². The first kappa shape index (κ1) is 15.3. The minimum atomic E-state index is -0.0990. The highest BCUT2D eigenvalue weighted by molar-refractivity contribution is 6.31. The van der Waals surface area contributed by atoms with Crippen LogP contribution < -0.4 is 5.73 Å². The van der Waals surface area contributed by atoms with Gasteiger partial charge in [0.25, 0.3) is 0 Å². The summed E-state index contributed by atoms with van der Waals surface area (Å²) in [6.07, 6.45) is 2.00. The molecule has 1 aromatic rings. The third kappa shape index (κ3) is 2.99. The van der Waals surface area contributed by atoms with Gasteiger partial charge in [0.1, 0.15) is 0 Å². The summed E-state index contributed by atoms with van der Waals surface area (Å²) in [6, 6.07) is 7.91. The van der Waals surface area contributed by atoms with E-state index in [-0.39, 0.29) is 23.8 Å². The molecule has 3 nitrogen and oxygen atoms in total. The van der Waals surface area contributed by atoms with E-state index in [0.717, 1.165) is 30.0 Å². The quantitative estimate of drug-likeness (QED) is 0.926. The van der Waals surface area contributed by atoms with Crippen molar-refractivity contribution in [2.75, 3.05) is 13.1 Å². The maximum absolute atomic E-state index is 12.7. The predicted octanol–water partition coefficient (Wildman–Crippen LogP) is 3.23. The molecule has 4 heteroatoms. The Hall–Kier alpha value is -1.06. The molecule has 1 aromatic carbocycles. The van der Waals surface area contributed by atoms with Crippen LogP contribution in [-0.2, 0) is 4.79 Å². The van der Waals surface area contributed by atoms with Crippen molar-refractivity contribution in [2.24, 2.45) is 17.6 Å². The van der Waals surface area contributed by atoms with Gasteiger partial charge in [-0.25, -0.2) is 0 Å². The second-order valence-electron chi connectivity index (χ2n) is 5.80. The Morgan fingerprint density at radius 3 is 2.75 bits per heavy atom. The Morgan fingerprint density at radius 2 is 2.15 bits per heavy atom. The minimum absolute atomic E-state index is 0.0990. The molecule has 0 spiro atoms. The highest BCUT2D eigenvalue weighted by atomic mass is 35.5. The van der Waals surface area contributed by atoms with E-state index < -0.39 is 0 Å². The molecule has 20 heavy (non-hydrogen) atoms. The number of rotatable bonds is 4. The number of nitrogens with zero attached hydrogens (tertiary/aromatic N) is 1. The first-order chi connectivity index (χ1) is 9.56. The van der Waals surface area contributed by atoms with Crippen LogP contribution >= 0.6 is 11.6 Å². The molecule has 2 N–H and O–H groups in total. The number of nitrogens with two attached hydrogens (primary N) is 1. The Bertz CT molecular complexity index is 475. The Labute approximate surface area is 126 Å². The second-order valence-corrected chi connectivity index (χ2v) is 6.20. The van der Waals surface area contributed by atoms with Crippen LogP contribution in [0.4, 0.5) is 0 Å². The molecule has 2 atom stereocenters. The van der Waals surface area contributed by atoms with Crippen LogP contribution in [0.3, 0.4) is 0 Å². The SMILES string of the molecule is CC(C)C(CN)C(=O)N1CCCC1c1ccccc1Cl. The molecule has 2 unspecified atom stereocenters. The van der Waals surface area contributed by atoms with Crippen molar-refractivity contribution in [1.82, 2.24) is 4.90 Å². The van der Waals surface area contributed by atoms with Crippen molar-refractivity contribution >= 4 is 17.5 Å². The zero-order chi connectivity index (χ0) is 14.7. The third-order valence-corrected chi connectivity index (χ3v) is 4.52. The van der Waals surface area contributed by atoms with Crippen molar-refractivity contribution in [3.05, 3.63) is 34.9 Å². The number of benzene rings is 1. The number of carbonyl (C=O) groups is 1. The topological polar surface area (TPSA) is 46.3 Å². The zero-order valence-electron chi connectivity index (χ0n) is 12.2. The highest BCUT2D eigenvalue weighted by Crippen LogP contribution is 2.36. The molecule has 0 aliphatic carbocycles. The lowest BCUT2D eigenvalue weighted by molar-refractivity contribution is -0.137. The highest BCUT2D eigenvalue weighted by Gasteiger charge is 2.35. The summed E-state index contributed by atoms with van der Waals surface area (Å²) in [6.45, 7) is 5.31. The van der Waals surface area contributed by atoms with Crippen LogP contribution in [0, 0.1) is 11.8 Å². The fraction of sp³-hybridized carbons (Fsp3) is 0.562. The molecular weight excluding hydrogens is 272 g/mol. The molecule has 0 aromatic heterocycles. The number of halogens is 1. The minimum Gasteiger partial charge on any atom is -0.335 e. The average molecular weight is 295 g/mol. The molecule has 1 amide bonds. The van der Waals surface area contributed by atoms with Crippen LogP contribution in [0.2, 0.25) is 5.02 Å². The molecule has 2 rings (SSSR count). The van der Waals surface area contributed by atoms with Gasteiger partial charge in [0.05, 0.1) is 12.0 Å². The van der Waals surface area contributed by atoms with Gasteiger partial charge >= 0.3 is 0 Å². The number of hydrogen-bond donors (Lipinski definition) is 1. The molecule has 0 radical (unpaired) electrons. The van der Waals surface area contributed by atoms with Gasteiger partial charge in [-0.2, -0.15) is 0 Å². The summed E-state index contributed by atoms with van der Waals surface area (Å²) in [4.78, 5) is 14.7. The summed E-state index contributed by atoms with van der Waals surface area (Å²) in [7, 11) is 0. The fourth-order valence-electron chi connectivity index (χ4n) is 2.97. The number of hydrogen-bond acceptors (Lipinski definition) is 2. The standard InChI is InChI=1S/C16H23ClN2O/c1-11(2)13(10-18)16(20)19-9-5-8-15(19)12-6-3-4-7-14(12)17/h3-4,6-7,11,13,15H,5,8-10,18H2,1-2H3. The number of carbonyl (C=O) groups excluding carboxylic acids is 1.